The van der Waals surface area contributed by atoms with Crippen LogP contribution in [0.2, 0.25) is 10.0 Å². The predicted octanol–water partition coefficient (Wildman–Crippen LogP) is 3.21. The van der Waals surface area contributed by atoms with Gasteiger partial charge in [-0.1, -0.05) is 29.3 Å². The molecule has 1 fully saturated rings. The van der Waals surface area contributed by atoms with Crippen LogP contribution in [0.5, 0.6) is 0 Å². The molecule has 2 aromatic rings. The number of nitrogens with one attached hydrogen (secondary N) is 1. The van der Waals surface area contributed by atoms with E-state index in [1.807, 2.05) is 24.3 Å². The minimum Gasteiger partial charge on any atom is -0.368 e. The standard InChI is InChI=1S/C19H18Cl2FN3O2/c20-13-4-6-14(7-5-13)24-8-10-25(11-9-24)17(26)12-23-19(27)18-15(21)2-1-3-16(18)22/h1-7H,8-12H2,(H,23,27). The molecule has 1 N–H and O–H groups in total. The van der Waals surface area contributed by atoms with Gasteiger partial charge in [-0.15, -0.1) is 0 Å². The predicted molar refractivity (Wildman–Crippen MR) is 104 cm³/mol. The molecular formula is C19H18Cl2FN3O2. The van der Waals surface area contributed by atoms with Crippen LogP contribution >= 0.6 is 23.2 Å². The highest BCUT2D eigenvalue weighted by Crippen LogP contribution is 2.20. The van der Waals surface area contributed by atoms with Crippen LogP contribution in [0, 0.1) is 5.82 Å². The monoisotopic (exact) mass is 409 g/mol. The Labute approximate surface area is 166 Å². The lowest BCUT2D eigenvalue weighted by Gasteiger charge is -2.36. The first-order valence-electron chi connectivity index (χ1n) is 8.46. The molecular weight excluding hydrogens is 392 g/mol. The minimum atomic E-state index is -0.718. The van der Waals surface area contributed by atoms with Crippen LogP contribution in [0.3, 0.4) is 0 Å². The summed E-state index contributed by atoms with van der Waals surface area (Å²) < 4.78 is 13.8. The topological polar surface area (TPSA) is 52.7 Å². The van der Waals surface area contributed by atoms with Crippen molar-refractivity contribution in [1.82, 2.24) is 10.2 Å². The molecule has 0 spiro atoms. The third-order valence-electron chi connectivity index (χ3n) is 4.41. The first-order valence-corrected chi connectivity index (χ1v) is 9.22. The van der Waals surface area contributed by atoms with E-state index >= 15 is 0 Å². The molecule has 1 heterocycles. The summed E-state index contributed by atoms with van der Waals surface area (Å²) in [6, 6.07) is 11.5. The molecule has 0 aromatic heterocycles. The van der Waals surface area contributed by atoms with Crippen molar-refractivity contribution in [2.45, 2.75) is 0 Å². The molecule has 142 valence electrons. The quantitative estimate of drug-likeness (QED) is 0.843. The summed E-state index contributed by atoms with van der Waals surface area (Å²) in [5.74, 6) is -1.64. The number of anilines is 1. The smallest absolute Gasteiger partial charge is 0.256 e. The van der Waals surface area contributed by atoms with Crippen molar-refractivity contribution in [2.24, 2.45) is 0 Å². The number of nitrogens with zero attached hydrogens (tertiary/aromatic N) is 2. The van der Waals surface area contributed by atoms with Crippen LogP contribution in [0.4, 0.5) is 10.1 Å². The number of amides is 2. The molecule has 0 unspecified atom stereocenters. The lowest BCUT2D eigenvalue weighted by Crippen LogP contribution is -2.51. The second-order valence-corrected chi connectivity index (χ2v) is 6.97. The van der Waals surface area contributed by atoms with Gasteiger partial charge in [0.15, 0.2) is 0 Å². The van der Waals surface area contributed by atoms with Gasteiger partial charge in [0.1, 0.15) is 5.82 Å². The van der Waals surface area contributed by atoms with E-state index in [4.69, 9.17) is 23.2 Å². The first kappa shape index (κ1) is 19.5. The van der Waals surface area contributed by atoms with E-state index in [1.54, 1.807) is 4.90 Å². The Balaban J connectivity index is 1.51. The summed E-state index contributed by atoms with van der Waals surface area (Å²) in [6.07, 6.45) is 0. The maximum atomic E-state index is 13.8. The zero-order valence-corrected chi connectivity index (χ0v) is 15.9. The number of carbonyl (C=O) groups is 2. The Morgan fingerprint density at radius 1 is 1.00 bits per heavy atom. The van der Waals surface area contributed by atoms with E-state index in [1.165, 1.54) is 12.1 Å². The normalized spacial score (nSPS) is 14.2. The minimum absolute atomic E-state index is 0.0107. The lowest BCUT2D eigenvalue weighted by atomic mass is 10.2. The molecule has 0 aliphatic carbocycles. The number of rotatable bonds is 4. The molecule has 0 atom stereocenters. The van der Waals surface area contributed by atoms with E-state index in [0.29, 0.717) is 31.2 Å². The van der Waals surface area contributed by atoms with E-state index < -0.39 is 11.7 Å². The molecule has 1 aliphatic rings. The van der Waals surface area contributed by atoms with Crippen LogP contribution in [0.1, 0.15) is 10.4 Å². The molecule has 8 heteroatoms. The largest absolute Gasteiger partial charge is 0.368 e. The van der Waals surface area contributed by atoms with E-state index in [2.05, 4.69) is 10.2 Å². The number of piperazine rings is 1. The Morgan fingerprint density at radius 2 is 1.67 bits per heavy atom. The fourth-order valence-electron chi connectivity index (χ4n) is 2.94. The Hall–Kier alpha value is -2.31. The SMILES string of the molecule is O=C(NCC(=O)N1CCN(c2ccc(Cl)cc2)CC1)c1c(F)cccc1Cl. The maximum Gasteiger partial charge on any atom is 0.256 e. The van der Waals surface area contributed by atoms with Crippen LogP contribution in [-0.2, 0) is 4.79 Å². The molecule has 0 radical (unpaired) electrons. The average Bonchev–Trinajstić information content (AvgIpc) is 2.67. The number of hydrogen-bond donors (Lipinski definition) is 1. The molecule has 5 nitrogen and oxygen atoms in total. The van der Waals surface area contributed by atoms with Gasteiger partial charge in [0.05, 0.1) is 17.1 Å². The molecule has 27 heavy (non-hydrogen) atoms. The molecule has 2 aromatic carbocycles. The number of benzene rings is 2. The summed E-state index contributed by atoms with van der Waals surface area (Å²) in [5.41, 5.74) is 0.800. The van der Waals surface area contributed by atoms with Gasteiger partial charge >= 0.3 is 0 Å². The van der Waals surface area contributed by atoms with Crippen LogP contribution in [0.15, 0.2) is 42.5 Å². The van der Waals surface area contributed by atoms with Crippen molar-refractivity contribution in [3.05, 3.63) is 63.9 Å². The maximum absolute atomic E-state index is 13.8. The summed E-state index contributed by atoms with van der Waals surface area (Å²) in [5, 5.41) is 3.13. The van der Waals surface area contributed by atoms with E-state index in [9.17, 15) is 14.0 Å². The third kappa shape index (κ3) is 4.70. The van der Waals surface area contributed by atoms with Crippen molar-refractivity contribution >= 4 is 40.7 Å². The summed E-state index contributed by atoms with van der Waals surface area (Å²) in [6.45, 7) is 2.24. The molecule has 2 amide bonds. The second kappa shape index (κ2) is 8.59. The molecule has 0 saturated carbocycles. The van der Waals surface area contributed by atoms with Crippen LogP contribution < -0.4 is 10.2 Å². The fraction of sp³-hybridized carbons (Fsp3) is 0.263. The van der Waals surface area contributed by atoms with Crippen molar-refractivity contribution in [3.8, 4) is 0 Å². The highest BCUT2D eigenvalue weighted by atomic mass is 35.5. The molecule has 3 rings (SSSR count). The number of carbonyl (C=O) groups excluding carboxylic acids is 2. The van der Waals surface area contributed by atoms with Crippen LogP contribution in [-0.4, -0.2) is 49.4 Å². The second-order valence-electron chi connectivity index (χ2n) is 6.12. The summed E-state index contributed by atoms with van der Waals surface area (Å²) >= 11 is 11.8. The van der Waals surface area contributed by atoms with Crippen molar-refractivity contribution in [3.63, 3.8) is 0 Å². The third-order valence-corrected chi connectivity index (χ3v) is 4.98. The van der Waals surface area contributed by atoms with Gasteiger partial charge in [-0.2, -0.15) is 0 Å². The van der Waals surface area contributed by atoms with Crippen molar-refractivity contribution < 1.29 is 14.0 Å². The molecule has 0 bridgehead atoms. The highest BCUT2D eigenvalue weighted by molar-refractivity contribution is 6.33. The zero-order valence-electron chi connectivity index (χ0n) is 14.4. The Kier molecular flexibility index (Phi) is 6.19. The Morgan fingerprint density at radius 3 is 2.30 bits per heavy atom. The van der Waals surface area contributed by atoms with Gasteiger partial charge in [0, 0.05) is 36.9 Å². The van der Waals surface area contributed by atoms with Gasteiger partial charge in [0.25, 0.3) is 5.91 Å². The van der Waals surface area contributed by atoms with Gasteiger partial charge in [-0.3, -0.25) is 9.59 Å². The number of halogens is 3. The van der Waals surface area contributed by atoms with Gasteiger partial charge in [0.2, 0.25) is 5.91 Å². The van der Waals surface area contributed by atoms with Crippen molar-refractivity contribution in [2.75, 3.05) is 37.6 Å². The average molecular weight is 410 g/mol. The van der Waals surface area contributed by atoms with Gasteiger partial charge < -0.3 is 15.1 Å². The fourth-order valence-corrected chi connectivity index (χ4v) is 3.31. The summed E-state index contributed by atoms with van der Waals surface area (Å²) in [4.78, 5) is 28.3. The van der Waals surface area contributed by atoms with Gasteiger partial charge in [-0.25, -0.2) is 4.39 Å². The van der Waals surface area contributed by atoms with Crippen LogP contribution in [0.25, 0.3) is 0 Å². The molecule has 1 aliphatic heterocycles. The zero-order chi connectivity index (χ0) is 19.4. The van der Waals surface area contributed by atoms with E-state index in [0.717, 1.165) is 11.8 Å². The number of hydrogen-bond acceptors (Lipinski definition) is 3. The first-order chi connectivity index (χ1) is 13.0. The Bertz CT molecular complexity index is 817. The van der Waals surface area contributed by atoms with E-state index in [-0.39, 0.29) is 23.0 Å². The summed E-state index contributed by atoms with van der Waals surface area (Å²) in [7, 11) is 0. The lowest BCUT2D eigenvalue weighted by molar-refractivity contribution is -0.130. The molecule has 1 saturated heterocycles. The van der Waals surface area contributed by atoms with Crippen molar-refractivity contribution in [1.29, 1.82) is 0 Å². The van der Waals surface area contributed by atoms with Gasteiger partial charge in [-0.05, 0) is 36.4 Å². The highest BCUT2D eigenvalue weighted by Gasteiger charge is 2.22.